The first kappa shape index (κ1) is 10.2. The molecule has 0 saturated heterocycles. The number of aliphatic hydroxyl groups excluding tert-OH is 1. The van der Waals surface area contributed by atoms with E-state index in [0.717, 1.165) is 15.6 Å². The molecular formula is C10H11N3OS. The third-order valence-corrected chi connectivity index (χ3v) is 3.18. The maximum absolute atomic E-state index is 9.16. The number of benzene rings is 1. The van der Waals surface area contributed by atoms with Gasteiger partial charge in [-0.3, -0.25) is 0 Å². The summed E-state index contributed by atoms with van der Waals surface area (Å²) in [6.45, 7) is 0.0427. The van der Waals surface area contributed by atoms with Gasteiger partial charge in [0.1, 0.15) is 6.33 Å². The standard InChI is InChI=1S/C10H11N3OS/c1-13-7-11-12-10(13)15-9-5-3-2-4-8(9)6-14/h2-5,7,14H,6H2,1H3. The maximum atomic E-state index is 9.16. The maximum Gasteiger partial charge on any atom is 0.195 e. The van der Waals surface area contributed by atoms with Crippen LogP contribution in [-0.4, -0.2) is 19.9 Å². The largest absolute Gasteiger partial charge is 0.392 e. The van der Waals surface area contributed by atoms with Crippen LogP contribution >= 0.6 is 11.8 Å². The van der Waals surface area contributed by atoms with Crippen LogP contribution in [0.3, 0.4) is 0 Å². The number of nitrogens with zero attached hydrogens (tertiary/aromatic N) is 3. The van der Waals surface area contributed by atoms with E-state index in [1.807, 2.05) is 35.9 Å². The van der Waals surface area contributed by atoms with Crippen molar-refractivity contribution in [3.05, 3.63) is 36.2 Å². The van der Waals surface area contributed by atoms with Gasteiger partial charge in [-0.2, -0.15) is 0 Å². The number of aliphatic hydroxyl groups is 1. The minimum atomic E-state index is 0.0427. The lowest BCUT2D eigenvalue weighted by Crippen LogP contribution is -1.91. The molecule has 1 N–H and O–H groups in total. The minimum Gasteiger partial charge on any atom is -0.392 e. The Bertz CT molecular complexity index is 455. The zero-order valence-electron chi connectivity index (χ0n) is 8.29. The molecule has 0 aliphatic rings. The Morgan fingerprint density at radius 3 is 2.87 bits per heavy atom. The molecule has 1 aromatic carbocycles. The molecule has 0 unspecified atom stereocenters. The molecule has 4 nitrogen and oxygen atoms in total. The van der Waals surface area contributed by atoms with Crippen LogP contribution in [0.4, 0.5) is 0 Å². The molecule has 2 rings (SSSR count). The highest BCUT2D eigenvalue weighted by Gasteiger charge is 2.06. The second-order valence-electron chi connectivity index (χ2n) is 3.09. The van der Waals surface area contributed by atoms with E-state index in [-0.39, 0.29) is 6.61 Å². The van der Waals surface area contributed by atoms with E-state index < -0.39 is 0 Å². The molecule has 78 valence electrons. The molecule has 0 saturated carbocycles. The molecule has 1 aromatic heterocycles. The van der Waals surface area contributed by atoms with Gasteiger partial charge < -0.3 is 9.67 Å². The summed E-state index contributed by atoms with van der Waals surface area (Å²) in [5, 5.41) is 17.8. The van der Waals surface area contributed by atoms with Crippen molar-refractivity contribution < 1.29 is 5.11 Å². The monoisotopic (exact) mass is 221 g/mol. The van der Waals surface area contributed by atoms with Crippen molar-refractivity contribution in [3.8, 4) is 0 Å². The highest BCUT2D eigenvalue weighted by Crippen LogP contribution is 2.28. The molecule has 0 radical (unpaired) electrons. The van der Waals surface area contributed by atoms with Crippen LogP contribution in [-0.2, 0) is 13.7 Å². The van der Waals surface area contributed by atoms with Gasteiger partial charge in [-0.15, -0.1) is 10.2 Å². The van der Waals surface area contributed by atoms with Crippen LogP contribution in [0.5, 0.6) is 0 Å². The molecular weight excluding hydrogens is 210 g/mol. The normalized spacial score (nSPS) is 10.5. The number of hydrogen-bond acceptors (Lipinski definition) is 4. The second kappa shape index (κ2) is 4.46. The first-order chi connectivity index (χ1) is 7.31. The Hall–Kier alpha value is -1.33. The SMILES string of the molecule is Cn1cnnc1Sc1ccccc1CO. The van der Waals surface area contributed by atoms with Gasteiger partial charge in [-0.25, -0.2) is 0 Å². The molecule has 0 fully saturated rings. The Morgan fingerprint density at radius 1 is 1.40 bits per heavy atom. The Kier molecular flexibility index (Phi) is 3.03. The van der Waals surface area contributed by atoms with Crippen molar-refractivity contribution in [1.29, 1.82) is 0 Å². The van der Waals surface area contributed by atoms with Crippen LogP contribution in [0.1, 0.15) is 5.56 Å². The zero-order chi connectivity index (χ0) is 10.7. The lowest BCUT2D eigenvalue weighted by molar-refractivity contribution is 0.279. The van der Waals surface area contributed by atoms with Crippen LogP contribution in [0.15, 0.2) is 40.6 Å². The molecule has 1 heterocycles. The predicted octanol–water partition coefficient (Wildman–Crippen LogP) is 1.46. The van der Waals surface area contributed by atoms with E-state index in [1.54, 1.807) is 6.33 Å². The Morgan fingerprint density at radius 2 is 2.20 bits per heavy atom. The third kappa shape index (κ3) is 2.19. The van der Waals surface area contributed by atoms with Gasteiger partial charge in [0.25, 0.3) is 0 Å². The van der Waals surface area contributed by atoms with Crippen LogP contribution in [0, 0.1) is 0 Å². The van der Waals surface area contributed by atoms with E-state index in [1.165, 1.54) is 11.8 Å². The van der Waals surface area contributed by atoms with Crippen molar-refractivity contribution >= 4 is 11.8 Å². The Balaban J connectivity index is 2.28. The van der Waals surface area contributed by atoms with Gasteiger partial charge >= 0.3 is 0 Å². The summed E-state index contributed by atoms with van der Waals surface area (Å²) in [7, 11) is 1.89. The topological polar surface area (TPSA) is 50.9 Å². The number of aromatic nitrogens is 3. The van der Waals surface area contributed by atoms with E-state index in [4.69, 9.17) is 5.11 Å². The van der Waals surface area contributed by atoms with Crippen molar-refractivity contribution in [2.75, 3.05) is 0 Å². The smallest absolute Gasteiger partial charge is 0.195 e. The van der Waals surface area contributed by atoms with Crippen molar-refractivity contribution in [1.82, 2.24) is 14.8 Å². The predicted molar refractivity (Wildman–Crippen MR) is 57.5 cm³/mol. The highest BCUT2D eigenvalue weighted by atomic mass is 32.2. The fraction of sp³-hybridized carbons (Fsp3) is 0.200. The van der Waals surface area contributed by atoms with E-state index >= 15 is 0 Å². The van der Waals surface area contributed by atoms with E-state index in [2.05, 4.69) is 10.2 Å². The van der Waals surface area contributed by atoms with Gasteiger partial charge in [0.15, 0.2) is 5.16 Å². The molecule has 0 spiro atoms. The molecule has 0 aliphatic carbocycles. The van der Waals surface area contributed by atoms with Crippen LogP contribution in [0.25, 0.3) is 0 Å². The van der Waals surface area contributed by atoms with Crippen molar-refractivity contribution in [2.45, 2.75) is 16.7 Å². The van der Waals surface area contributed by atoms with Crippen molar-refractivity contribution in [3.63, 3.8) is 0 Å². The third-order valence-electron chi connectivity index (χ3n) is 2.01. The molecule has 2 aromatic rings. The summed E-state index contributed by atoms with van der Waals surface area (Å²) in [5.74, 6) is 0. The minimum absolute atomic E-state index is 0.0427. The zero-order valence-corrected chi connectivity index (χ0v) is 9.11. The summed E-state index contributed by atoms with van der Waals surface area (Å²) in [6, 6.07) is 7.72. The van der Waals surface area contributed by atoms with Gasteiger partial charge in [0.2, 0.25) is 0 Å². The van der Waals surface area contributed by atoms with Crippen molar-refractivity contribution in [2.24, 2.45) is 7.05 Å². The summed E-state index contributed by atoms with van der Waals surface area (Å²) >= 11 is 1.50. The van der Waals surface area contributed by atoms with Gasteiger partial charge in [0.05, 0.1) is 6.61 Å². The molecule has 0 amide bonds. The van der Waals surface area contributed by atoms with Crippen LogP contribution in [0.2, 0.25) is 0 Å². The van der Waals surface area contributed by atoms with Crippen LogP contribution < -0.4 is 0 Å². The van der Waals surface area contributed by atoms with Gasteiger partial charge in [-0.05, 0) is 23.4 Å². The van der Waals surface area contributed by atoms with E-state index in [0.29, 0.717) is 0 Å². The van der Waals surface area contributed by atoms with Gasteiger partial charge in [0, 0.05) is 11.9 Å². The molecule has 0 atom stereocenters. The highest BCUT2D eigenvalue weighted by molar-refractivity contribution is 7.99. The number of rotatable bonds is 3. The second-order valence-corrected chi connectivity index (χ2v) is 4.10. The lowest BCUT2D eigenvalue weighted by Gasteiger charge is -2.05. The number of aryl methyl sites for hydroxylation is 1. The molecule has 0 bridgehead atoms. The fourth-order valence-electron chi connectivity index (χ4n) is 1.20. The average Bonchev–Trinajstić information content (AvgIpc) is 2.65. The van der Waals surface area contributed by atoms with Gasteiger partial charge in [-0.1, -0.05) is 18.2 Å². The molecule has 15 heavy (non-hydrogen) atoms. The molecule has 0 aliphatic heterocycles. The summed E-state index contributed by atoms with van der Waals surface area (Å²) in [6.07, 6.45) is 1.66. The van der Waals surface area contributed by atoms with E-state index in [9.17, 15) is 0 Å². The summed E-state index contributed by atoms with van der Waals surface area (Å²) < 4.78 is 1.85. The molecule has 5 heteroatoms. The summed E-state index contributed by atoms with van der Waals surface area (Å²) in [5.41, 5.74) is 0.908. The first-order valence-corrected chi connectivity index (χ1v) is 5.33. The average molecular weight is 221 g/mol. The Labute approximate surface area is 92.0 Å². The lowest BCUT2D eigenvalue weighted by atomic mass is 10.2. The quantitative estimate of drug-likeness (QED) is 0.852. The fourth-order valence-corrected chi connectivity index (χ4v) is 2.08. The summed E-state index contributed by atoms with van der Waals surface area (Å²) in [4.78, 5) is 1.01. The number of hydrogen-bond donors (Lipinski definition) is 1. The first-order valence-electron chi connectivity index (χ1n) is 4.52.